The van der Waals surface area contributed by atoms with Crippen LogP contribution in [0.25, 0.3) is 11.2 Å². The number of aromatic nitrogens is 4. The molecule has 1 aliphatic rings. The van der Waals surface area contributed by atoms with Gasteiger partial charge in [-0.05, 0) is 19.4 Å². The summed E-state index contributed by atoms with van der Waals surface area (Å²) < 4.78 is 8.49. The molecule has 0 unspecified atom stereocenters. The second-order valence-electron chi connectivity index (χ2n) is 7.42. The van der Waals surface area contributed by atoms with Crippen molar-refractivity contribution in [3.05, 3.63) is 12.7 Å². The number of carbonyl (C=O) groups is 1. The molecule has 0 saturated carbocycles. The Balaban J connectivity index is 0.00000363. The van der Waals surface area contributed by atoms with E-state index in [1.54, 1.807) is 11.6 Å². The van der Waals surface area contributed by atoms with Gasteiger partial charge >= 0.3 is 5.97 Å². The Bertz CT molecular complexity index is 891. The molecule has 0 radical (unpaired) electrons. The largest absolute Gasteiger partial charge is 0.480 e. The van der Waals surface area contributed by atoms with Gasteiger partial charge in [0.2, 0.25) is 0 Å². The minimum atomic E-state index is -1.16. The highest BCUT2D eigenvalue weighted by atomic mass is 127. The lowest BCUT2D eigenvalue weighted by Crippen LogP contribution is -2.41. The van der Waals surface area contributed by atoms with E-state index < -0.39 is 36.6 Å². The summed E-state index contributed by atoms with van der Waals surface area (Å²) in [5, 5.41) is 33.2. The Morgan fingerprint density at radius 2 is 2.09 bits per heavy atom. The molecule has 2 aromatic heterocycles. The van der Waals surface area contributed by atoms with Crippen LogP contribution in [-0.2, 0) is 9.53 Å². The standard InChI is InChI=1S/C18H28IN7O5.ClH/c1-21-15-12-16(23-8-22-15)26(9-24-12)17-14(28)13(27)11(31-17)7-25(6-4-19)5-2-3-10(20)18(29)30;/h8-11,13-14,17,27-28H,2-7,20H2,1H3,(H,29,30)(H,21,22,23);1H/t10-,11+,13+,14+,17+;/m0./s1. The molecule has 3 heterocycles. The maximum absolute atomic E-state index is 10.9. The first kappa shape index (κ1) is 26.9. The van der Waals surface area contributed by atoms with Crippen molar-refractivity contribution in [2.45, 2.75) is 43.4 Å². The minimum Gasteiger partial charge on any atom is -0.480 e. The third-order valence-corrected chi connectivity index (χ3v) is 5.83. The molecule has 1 saturated heterocycles. The number of alkyl halides is 1. The van der Waals surface area contributed by atoms with Gasteiger partial charge in [-0.1, -0.05) is 22.6 Å². The molecule has 0 aromatic carbocycles. The summed E-state index contributed by atoms with van der Waals surface area (Å²) in [4.78, 5) is 25.7. The van der Waals surface area contributed by atoms with Crippen LogP contribution in [0.3, 0.4) is 0 Å². The molecule has 5 atom stereocenters. The summed E-state index contributed by atoms with van der Waals surface area (Å²) in [7, 11) is 1.73. The van der Waals surface area contributed by atoms with Crippen LogP contribution in [-0.4, -0.2) is 101 Å². The van der Waals surface area contributed by atoms with Crippen LogP contribution in [0.2, 0.25) is 0 Å². The normalized spacial score (nSPS) is 23.9. The SMILES string of the molecule is CNc1ncnc2c1ncn2[C@@H]1O[C@H](CN(CCI)CCC[C@H](N)C(=O)O)[C@@H](O)[C@H]1O.Cl. The number of nitrogens with one attached hydrogen (secondary N) is 1. The fraction of sp³-hybridized carbons (Fsp3) is 0.667. The molecule has 2 aromatic rings. The average molecular weight is 586 g/mol. The van der Waals surface area contributed by atoms with Crippen molar-refractivity contribution in [2.24, 2.45) is 5.73 Å². The van der Waals surface area contributed by atoms with Crippen LogP contribution in [0.5, 0.6) is 0 Å². The molecular weight excluding hydrogens is 557 g/mol. The first-order chi connectivity index (χ1) is 14.9. The predicted molar refractivity (Wildman–Crippen MR) is 128 cm³/mol. The highest BCUT2D eigenvalue weighted by Gasteiger charge is 2.44. The van der Waals surface area contributed by atoms with Gasteiger partial charge in [0.25, 0.3) is 0 Å². The van der Waals surface area contributed by atoms with Gasteiger partial charge in [-0.15, -0.1) is 12.4 Å². The molecule has 180 valence electrons. The number of nitrogens with two attached hydrogens (primary N) is 1. The van der Waals surface area contributed by atoms with Crippen molar-refractivity contribution in [2.75, 3.05) is 36.4 Å². The molecule has 3 rings (SSSR count). The van der Waals surface area contributed by atoms with E-state index in [-0.39, 0.29) is 12.4 Å². The van der Waals surface area contributed by atoms with Gasteiger partial charge in [0.1, 0.15) is 36.2 Å². The molecule has 0 aliphatic carbocycles. The van der Waals surface area contributed by atoms with Crippen LogP contribution in [0, 0.1) is 0 Å². The summed E-state index contributed by atoms with van der Waals surface area (Å²) >= 11 is 2.26. The number of imidazole rings is 1. The smallest absolute Gasteiger partial charge is 0.320 e. The maximum Gasteiger partial charge on any atom is 0.320 e. The van der Waals surface area contributed by atoms with Crippen molar-refractivity contribution >= 4 is 57.9 Å². The zero-order chi connectivity index (χ0) is 22.5. The van der Waals surface area contributed by atoms with Crippen LogP contribution in [0.1, 0.15) is 19.1 Å². The number of fused-ring (bicyclic) bond motifs is 1. The number of aliphatic carboxylic acids is 1. The fourth-order valence-corrected chi connectivity index (χ4v) is 4.34. The van der Waals surface area contributed by atoms with Crippen molar-refractivity contribution in [1.82, 2.24) is 24.4 Å². The number of anilines is 1. The second kappa shape index (κ2) is 12.2. The number of carboxylic acid groups (broad SMARTS) is 1. The lowest BCUT2D eigenvalue weighted by atomic mass is 10.1. The highest BCUT2D eigenvalue weighted by Crippen LogP contribution is 2.32. The number of carboxylic acids is 1. The Hall–Kier alpha value is -1.36. The molecule has 1 aliphatic heterocycles. The predicted octanol–water partition coefficient (Wildman–Crippen LogP) is -0.162. The number of nitrogens with zero attached hydrogens (tertiary/aromatic N) is 5. The molecule has 32 heavy (non-hydrogen) atoms. The van der Waals surface area contributed by atoms with E-state index in [1.165, 1.54) is 12.7 Å². The van der Waals surface area contributed by atoms with Crippen molar-refractivity contribution in [3.8, 4) is 0 Å². The monoisotopic (exact) mass is 585 g/mol. The van der Waals surface area contributed by atoms with E-state index in [4.69, 9.17) is 15.6 Å². The molecule has 14 heteroatoms. The topological polar surface area (TPSA) is 172 Å². The lowest BCUT2D eigenvalue weighted by molar-refractivity contribution is -0.138. The van der Waals surface area contributed by atoms with Gasteiger partial charge in [0.05, 0.1) is 6.33 Å². The second-order valence-corrected chi connectivity index (χ2v) is 8.50. The summed E-state index contributed by atoms with van der Waals surface area (Å²) in [5.74, 6) is -0.458. The molecule has 0 amide bonds. The van der Waals surface area contributed by atoms with Crippen LogP contribution >= 0.6 is 35.0 Å². The van der Waals surface area contributed by atoms with E-state index in [2.05, 4.69) is 47.8 Å². The maximum atomic E-state index is 10.9. The Morgan fingerprint density at radius 1 is 1.34 bits per heavy atom. The number of aliphatic hydroxyl groups excluding tert-OH is 2. The highest BCUT2D eigenvalue weighted by molar-refractivity contribution is 14.1. The first-order valence-electron chi connectivity index (χ1n) is 10.0. The lowest BCUT2D eigenvalue weighted by Gasteiger charge is -2.26. The van der Waals surface area contributed by atoms with Crippen molar-refractivity contribution in [3.63, 3.8) is 0 Å². The molecule has 1 fully saturated rings. The zero-order valence-corrected chi connectivity index (χ0v) is 20.5. The van der Waals surface area contributed by atoms with Crippen molar-refractivity contribution < 1.29 is 24.9 Å². The van der Waals surface area contributed by atoms with Gasteiger partial charge in [-0.2, -0.15) is 0 Å². The number of halogens is 2. The summed E-state index contributed by atoms with van der Waals surface area (Å²) in [6.07, 6.45) is 0.161. The molecular formula is C18H29ClIN7O5. The van der Waals surface area contributed by atoms with E-state index in [0.29, 0.717) is 42.9 Å². The fourth-order valence-electron chi connectivity index (χ4n) is 3.66. The Labute approximate surface area is 205 Å². The molecule has 0 spiro atoms. The van der Waals surface area contributed by atoms with Gasteiger partial charge in [-0.3, -0.25) is 14.3 Å². The van der Waals surface area contributed by atoms with E-state index in [0.717, 1.165) is 11.0 Å². The van der Waals surface area contributed by atoms with Gasteiger partial charge in [0, 0.05) is 24.6 Å². The van der Waals surface area contributed by atoms with Gasteiger partial charge in [-0.25, -0.2) is 15.0 Å². The van der Waals surface area contributed by atoms with Crippen LogP contribution in [0.15, 0.2) is 12.7 Å². The minimum absolute atomic E-state index is 0. The number of rotatable bonds is 11. The number of ether oxygens (including phenoxy) is 1. The van der Waals surface area contributed by atoms with Crippen LogP contribution < -0.4 is 11.1 Å². The van der Waals surface area contributed by atoms with E-state index in [9.17, 15) is 15.0 Å². The van der Waals surface area contributed by atoms with Crippen molar-refractivity contribution in [1.29, 1.82) is 0 Å². The zero-order valence-electron chi connectivity index (χ0n) is 17.5. The Morgan fingerprint density at radius 3 is 2.75 bits per heavy atom. The summed E-state index contributed by atoms with van der Waals surface area (Å²) in [5.41, 5.74) is 6.61. The van der Waals surface area contributed by atoms with Crippen LogP contribution in [0.4, 0.5) is 5.82 Å². The van der Waals surface area contributed by atoms with E-state index in [1.807, 2.05) is 0 Å². The first-order valence-corrected chi connectivity index (χ1v) is 11.5. The summed E-state index contributed by atoms with van der Waals surface area (Å²) in [6, 6.07) is -0.889. The number of aliphatic hydroxyl groups is 2. The number of hydrogen-bond donors (Lipinski definition) is 5. The third-order valence-electron chi connectivity index (χ3n) is 5.35. The third kappa shape index (κ3) is 5.95. The molecule has 6 N–H and O–H groups in total. The van der Waals surface area contributed by atoms with Gasteiger partial charge < -0.3 is 31.1 Å². The molecule has 12 nitrogen and oxygen atoms in total. The van der Waals surface area contributed by atoms with Gasteiger partial charge in [0.15, 0.2) is 17.7 Å². The van der Waals surface area contributed by atoms with E-state index >= 15 is 0 Å². The Kier molecular flexibility index (Phi) is 10.3. The average Bonchev–Trinajstić information content (AvgIpc) is 3.30. The quantitative estimate of drug-likeness (QED) is 0.175. The molecule has 0 bridgehead atoms. The summed E-state index contributed by atoms with van der Waals surface area (Å²) in [6.45, 7) is 1.75. The number of hydrogen-bond acceptors (Lipinski definition) is 10.